The zero-order chi connectivity index (χ0) is 6.85. The van der Waals surface area contributed by atoms with Crippen LogP contribution in [0.4, 0.5) is 0 Å². The summed E-state index contributed by atoms with van der Waals surface area (Å²) in [6.07, 6.45) is 0. The molecule has 0 bridgehead atoms. The van der Waals surface area contributed by atoms with Crippen LogP contribution in [-0.4, -0.2) is 17.4 Å². The Balaban J connectivity index is 0.000000810. The van der Waals surface area contributed by atoms with Gasteiger partial charge in [0.1, 0.15) is 0 Å². The summed E-state index contributed by atoms with van der Waals surface area (Å²) in [5, 5.41) is 0. The second kappa shape index (κ2) is 4.08. The van der Waals surface area contributed by atoms with E-state index < -0.39 is 0 Å². The molecule has 1 aromatic rings. The van der Waals surface area contributed by atoms with E-state index in [4.69, 9.17) is 0 Å². The fraction of sp³-hybridized carbons (Fsp3) is 0.250. The molecule has 1 rings (SSSR count). The van der Waals surface area contributed by atoms with Gasteiger partial charge in [-0.1, -0.05) is 17.7 Å². The molecule has 0 aliphatic heterocycles. The number of hydrogen-bond donors (Lipinski definition) is 1. The van der Waals surface area contributed by atoms with E-state index in [1.54, 1.807) is 0 Å². The molecule has 0 spiro atoms. The molecule has 0 saturated carbocycles. The van der Waals surface area contributed by atoms with E-state index in [1.165, 1.54) is 11.1 Å². The first-order valence-electron chi connectivity index (χ1n) is 2.96. The summed E-state index contributed by atoms with van der Waals surface area (Å²) in [6.45, 7) is 4.15. The van der Waals surface area contributed by atoms with Crippen LogP contribution >= 0.6 is 12.6 Å². The summed E-state index contributed by atoms with van der Waals surface area (Å²) >= 11 is 4.25. The highest BCUT2D eigenvalue weighted by atomic mass is 32.1. The summed E-state index contributed by atoms with van der Waals surface area (Å²) < 4.78 is 0. The molecule has 0 aliphatic carbocycles. The highest BCUT2D eigenvalue weighted by Crippen LogP contribution is 2.13. The molecule has 0 aromatic heterocycles. The second-order valence-electron chi connectivity index (χ2n) is 2.29. The second-order valence-corrected chi connectivity index (χ2v) is 2.77. The highest BCUT2D eigenvalue weighted by Gasteiger charge is 1.89. The molecule has 0 heterocycles. The smallest absolute Gasteiger partial charge is 0.143 e. The van der Waals surface area contributed by atoms with Crippen LogP contribution in [0.5, 0.6) is 0 Å². The van der Waals surface area contributed by atoms with E-state index >= 15 is 0 Å². The quantitative estimate of drug-likeness (QED) is 0.439. The molecular weight excluding hydrogens is 155 g/mol. The third kappa shape index (κ3) is 2.38. The molecular formula is C8H13AlS. The zero-order valence-electron chi connectivity index (χ0n) is 5.68. The van der Waals surface area contributed by atoms with Crippen LogP contribution in [0.1, 0.15) is 11.1 Å². The van der Waals surface area contributed by atoms with E-state index in [0.29, 0.717) is 0 Å². The van der Waals surface area contributed by atoms with Crippen molar-refractivity contribution in [2.75, 3.05) is 0 Å². The van der Waals surface area contributed by atoms with Crippen molar-refractivity contribution >= 4 is 30.0 Å². The highest BCUT2D eigenvalue weighted by molar-refractivity contribution is 7.80. The van der Waals surface area contributed by atoms with E-state index in [9.17, 15) is 0 Å². The maximum atomic E-state index is 4.25. The number of rotatable bonds is 0. The van der Waals surface area contributed by atoms with Gasteiger partial charge in [0.2, 0.25) is 0 Å². The van der Waals surface area contributed by atoms with Crippen molar-refractivity contribution < 1.29 is 0 Å². The largest absolute Gasteiger partial charge is 0.187 e. The van der Waals surface area contributed by atoms with Crippen molar-refractivity contribution in [2.24, 2.45) is 0 Å². The first kappa shape index (κ1) is 10.1. The lowest BCUT2D eigenvalue weighted by molar-refractivity contribution is 1.27. The maximum Gasteiger partial charge on any atom is 0.187 e. The van der Waals surface area contributed by atoms with Gasteiger partial charge in [-0.15, -0.1) is 12.6 Å². The lowest BCUT2D eigenvalue weighted by atomic mass is 10.2. The molecule has 0 fully saturated rings. The van der Waals surface area contributed by atoms with Crippen LogP contribution < -0.4 is 0 Å². The standard InChI is InChI=1S/C8H10S.Al.3H/c1-6-3-4-8(9)7(2)5-6;;;;/h3-5,9H,1-2H3;;;;. The summed E-state index contributed by atoms with van der Waals surface area (Å²) in [5.74, 6) is 0. The third-order valence-electron chi connectivity index (χ3n) is 1.35. The number of aryl methyl sites for hydroxylation is 2. The van der Waals surface area contributed by atoms with Gasteiger partial charge in [0, 0.05) is 4.90 Å². The van der Waals surface area contributed by atoms with Crippen LogP contribution in [0.2, 0.25) is 0 Å². The average molecular weight is 168 g/mol. The molecule has 1 aromatic carbocycles. The molecule has 2 heteroatoms. The molecule has 0 saturated heterocycles. The molecule has 54 valence electrons. The minimum atomic E-state index is 0. The van der Waals surface area contributed by atoms with Gasteiger partial charge in [-0.25, -0.2) is 0 Å². The minimum absolute atomic E-state index is 0. The normalized spacial score (nSPS) is 8.70. The fourth-order valence-electron chi connectivity index (χ4n) is 0.805. The summed E-state index contributed by atoms with van der Waals surface area (Å²) in [6, 6.07) is 6.21. The first-order valence-corrected chi connectivity index (χ1v) is 3.41. The van der Waals surface area contributed by atoms with Gasteiger partial charge in [-0.3, -0.25) is 0 Å². The van der Waals surface area contributed by atoms with E-state index in [-0.39, 0.29) is 17.4 Å². The van der Waals surface area contributed by atoms with Crippen LogP contribution in [0, 0.1) is 13.8 Å². The summed E-state index contributed by atoms with van der Waals surface area (Å²) in [4.78, 5) is 1.07. The van der Waals surface area contributed by atoms with Crippen LogP contribution in [0.3, 0.4) is 0 Å². The Morgan fingerprint density at radius 2 is 1.80 bits per heavy atom. The van der Waals surface area contributed by atoms with Gasteiger partial charge in [-0.05, 0) is 25.5 Å². The fourth-order valence-corrected chi connectivity index (χ4v) is 0.944. The topological polar surface area (TPSA) is 0 Å². The Labute approximate surface area is 78.2 Å². The summed E-state index contributed by atoms with van der Waals surface area (Å²) in [5.41, 5.74) is 2.55. The Bertz CT molecular complexity index is 220. The average Bonchev–Trinajstić information content (AvgIpc) is 1.80. The van der Waals surface area contributed by atoms with Crippen molar-refractivity contribution in [2.45, 2.75) is 18.7 Å². The first-order chi connectivity index (χ1) is 4.20. The van der Waals surface area contributed by atoms with Crippen molar-refractivity contribution in [3.63, 3.8) is 0 Å². The number of hydrogen-bond acceptors (Lipinski definition) is 1. The molecule has 0 aliphatic rings. The van der Waals surface area contributed by atoms with Crippen molar-refractivity contribution in [3.8, 4) is 0 Å². The van der Waals surface area contributed by atoms with E-state index in [1.807, 2.05) is 6.07 Å². The lowest BCUT2D eigenvalue weighted by Gasteiger charge is -1.97. The number of thiol groups is 1. The molecule has 0 nitrogen and oxygen atoms in total. The molecule has 0 amide bonds. The summed E-state index contributed by atoms with van der Waals surface area (Å²) in [7, 11) is 0. The van der Waals surface area contributed by atoms with E-state index in [2.05, 4.69) is 38.6 Å². The van der Waals surface area contributed by atoms with Gasteiger partial charge in [-0.2, -0.15) is 0 Å². The van der Waals surface area contributed by atoms with Gasteiger partial charge >= 0.3 is 0 Å². The van der Waals surface area contributed by atoms with Crippen molar-refractivity contribution in [1.29, 1.82) is 0 Å². The Morgan fingerprint density at radius 3 is 2.20 bits per heavy atom. The van der Waals surface area contributed by atoms with Crippen LogP contribution in [0.25, 0.3) is 0 Å². The van der Waals surface area contributed by atoms with Crippen molar-refractivity contribution in [1.82, 2.24) is 0 Å². The maximum absolute atomic E-state index is 4.25. The van der Waals surface area contributed by atoms with Gasteiger partial charge in [0.05, 0.1) is 0 Å². The Morgan fingerprint density at radius 1 is 1.20 bits per heavy atom. The van der Waals surface area contributed by atoms with Gasteiger partial charge in [0.25, 0.3) is 0 Å². The Hall–Kier alpha value is 0.102. The SMILES string of the molecule is Cc1ccc(S)c(C)c1.[AlH3]. The zero-order valence-corrected chi connectivity index (χ0v) is 6.57. The third-order valence-corrected chi connectivity index (χ3v) is 1.85. The number of benzene rings is 1. The molecule has 0 N–H and O–H groups in total. The minimum Gasteiger partial charge on any atom is -0.143 e. The van der Waals surface area contributed by atoms with Gasteiger partial charge in [0.15, 0.2) is 17.4 Å². The van der Waals surface area contributed by atoms with Crippen molar-refractivity contribution in [3.05, 3.63) is 29.3 Å². The van der Waals surface area contributed by atoms with Crippen LogP contribution in [-0.2, 0) is 0 Å². The molecule has 0 atom stereocenters. The van der Waals surface area contributed by atoms with E-state index in [0.717, 1.165) is 4.90 Å². The lowest BCUT2D eigenvalue weighted by Crippen LogP contribution is -1.76. The predicted molar refractivity (Wildman–Crippen MR) is 53.1 cm³/mol. The van der Waals surface area contributed by atoms with Gasteiger partial charge < -0.3 is 0 Å². The monoisotopic (exact) mass is 168 g/mol. The Kier molecular flexibility index (Phi) is 4.12. The molecule has 0 unspecified atom stereocenters. The molecule has 0 radical (unpaired) electrons. The van der Waals surface area contributed by atoms with Crippen LogP contribution in [0.15, 0.2) is 23.1 Å². The predicted octanol–water partition coefficient (Wildman–Crippen LogP) is 1.41. The molecule has 10 heavy (non-hydrogen) atoms.